The summed E-state index contributed by atoms with van der Waals surface area (Å²) in [6.07, 6.45) is 99.3. The van der Waals surface area contributed by atoms with Crippen LogP contribution in [0.4, 0.5) is 0 Å². The van der Waals surface area contributed by atoms with Gasteiger partial charge in [0.2, 0.25) is 0 Å². The van der Waals surface area contributed by atoms with E-state index in [-0.39, 0.29) is 38.6 Å². The number of carbonyl (C=O) groups excluding carboxylic acids is 2. The van der Waals surface area contributed by atoms with E-state index in [1.54, 1.807) is 0 Å². The molecule has 0 aliphatic rings. The molecule has 2 atom stereocenters. The Kier molecular flexibility index (Phi) is 65.7. The van der Waals surface area contributed by atoms with Crippen molar-refractivity contribution in [3.05, 3.63) is 146 Å². The first-order chi connectivity index (χ1) is 41.8. The molecule has 0 rings (SSSR count). The normalized spacial score (nSPS) is 13.9. The molecule has 0 aliphatic heterocycles. The fraction of sp³-hybridized carbons (Fsp3) is 0.653. The molecule has 85 heavy (non-hydrogen) atoms. The van der Waals surface area contributed by atoms with Crippen molar-refractivity contribution in [3.8, 4) is 0 Å². The fourth-order valence-electron chi connectivity index (χ4n) is 9.23. The number of phosphoric ester groups is 1. The molecule has 0 spiro atoms. The lowest BCUT2D eigenvalue weighted by molar-refractivity contribution is -0.161. The van der Waals surface area contributed by atoms with Crippen LogP contribution in [0, 0.1) is 0 Å². The number of rotatable bonds is 63. The van der Waals surface area contributed by atoms with Gasteiger partial charge in [-0.05, 0) is 116 Å². The average molecular weight is 1200 g/mol. The molecule has 0 aliphatic carbocycles. The molecule has 3 N–H and O–H groups in total. The van der Waals surface area contributed by atoms with Gasteiger partial charge in [0.15, 0.2) is 6.10 Å². The van der Waals surface area contributed by atoms with Crippen molar-refractivity contribution in [2.45, 2.75) is 290 Å². The van der Waals surface area contributed by atoms with Crippen molar-refractivity contribution in [1.82, 2.24) is 0 Å². The summed E-state index contributed by atoms with van der Waals surface area (Å²) in [5.41, 5.74) is 5.40. The van der Waals surface area contributed by atoms with Gasteiger partial charge in [-0.1, -0.05) is 301 Å². The molecule has 2 unspecified atom stereocenters. The van der Waals surface area contributed by atoms with Crippen molar-refractivity contribution >= 4 is 19.8 Å². The van der Waals surface area contributed by atoms with Gasteiger partial charge in [0, 0.05) is 19.4 Å². The van der Waals surface area contributed by atoms with E-state index in [0.29, 0.717) is 6.42 Å². The number of hydrogen-bond acceptors (Lipinski definition) is 8. The lowest BCUT2D eigenvalue weighted by atomic mass is 10.0. The summed E-state index contributed by atoms with van der Waals surface area (Å²) in [6, 6.07) is 0. The minimum atomic E-state index is -4.41. The van der Waals surface area contributed by atoms with Crippen molar-refractivity contribution in [1.29, 1.82) is 0 Å². The summed E-state index contributed by atoms with van der Waals surface area (Å²) in [6.45, 7) is 3.51. The van der Waals surface area contributed by atoms with Crippen LogP contribution in [-0.4, -0.2) is 49.3 Å². The zero-order valence-corrected chi connectivity index (χ0v) is 55.2. The van der Waals surface area contributed by atoms with Crippen LogP contribution in [-0.2, 0) is 32.7 Å². The smallest absolute Gasteiger partial charge is 0.462 e. The van der Waals surface area contributed by atoms with Crippen LogP contribution in [0.2, 0.25) is 0 Å². The van der Waals surface area contributed by atoms with E-state index in [1.807, 2.05) is 0 Å². The average Bonchev–Trinajstić information content (AvgIpc) is 3.52. The Morgan fingerprint density at radius 1 is 0.353 bits per heavy atom. The molecule has 0 aromatic rings. The van der Waals surface area contributed by atoms with Gasteiger partial charge in [-0.25, -0.2) is 4.57 Å². The zero-order chi connectivity index (χ0) is 61.6. The van der Waals surface area contributed by atoms with Crippen LogP contribution in [0.15, 0.2) is 146 Å². The van der Waals surface area contributed by atoms with Gasteiger partial charge in [0.1, 0.15) is 6.61 Å². The van der Waals surface area contributed by atoms with Crippen molar-refractivity contribution in [2.24, 2.45) is 5.73 Å². The predicted octanol–water partition coefficient (Wildman–Crippen LogP) is 22.6. The van der Waals surface area contributed by atoms with E-state index in [0.717, 1.165) is 135 Å². The summed E-state index contributed by atoms with van der Waals surface area (Å²) < 4.78 is 33.2. The summed E-state index contributed by atoms with van der Waals surface area (Å²) in [7, 11) is -4.41. The first-order valence-corrected chi connectivity index (χ1v) is 35.8. The molecule has 0 aromatic heterocycles. The summed E-state index contributed by atoms with van der Waals surface area (Å²) in [5.74, 6) is -0.845. The van der Waals surface area contributed by atoms with Gasteiger partial charge in [-0.3, -0.25) is 18.6 Å². The molecule has 0 amide bonds. The Morgan fingerprint density at radius 2 is 0.612 bits per heavy atom. The highest BCUT2D eigenvalue weighted by Gasteiger charge is 2.26. The van der Waals surface area contributed by atoms with Crippen molar-refractivity contribution in [2.75, 3.05) is 26.4 Å². The highest BCUT2D eigenvalue weighted by molar-refractivity contribution is 7.47. The standard InChI is InChI=1S/C75H126NO8P/c1-3-5-7-9-11-13-15-17-19-21-23-25-27-29-31-33-35-36-38-39-41-43-45-47-49-51-53-55-57-59-61-63-65-67-74(77)81-71-73(72-83-85(79,80)82-70-69-76)84-75(78)68-66-64-62-60-58-56-54-52-50-48-46-44-42-40-37-34-32-30-28-26-24-22-20-18-16-14-12-10-8-6-4-2/h5-8,11-14,17-20,23-26,30,32,37,40,44,46,50,52,73H,3-4,9-10,15-16,21-22,27-29,31,33-36,38-39,41-43,45,47-49,51,53-72,76H2,1-2H3,(H,79,80)/b7-5-,8-6-,13-11-,14-12-,19-17-,20-18-,25-23-,26-24-,32-30-,40-37-,46-44-,52-50-. The van der Waals surface area contributed by atoms with E-state index < -0.39 is 26.5 Å². The molecule has 0 aromatic carbocycles. The SMILES string of the molecule is CC/C=C\C/C=C\C/C=C\C/C=C\C/C=C\C/C=C\C/C=C\C/C=C\CCCCCCCCC(=O)OC(COC(=O)CCCCCCCCCCCCCCCCCCCCCC/C=C\C/C=C\C/C=C\C/C=C\CC)COP(=O)(O)OCCN. The number of allylic oxidation sites excluding steroid dienone is 24. The van der Waals surface area contributed by atoms with Gasteiger partial charge >= 0.3 is 19.8 Å². The van der Waals surface area contributed by atoms with Gasteiger partial charge < -0.3 is 20.1 Å². The number of esters is 2. The third-order valence-corrected chi connectivity index (χ3v) is 15.2. The molecule has 484 valence electrons. The topological polar surface area (TPSA) is 134 Å². The minimum Gasteiger partial charge on any atom is -0.462 e. The highest BCUT2D eigenvalue weighted by atomic mass is 31.2. The number of nitrogens with two attached hydrogens (primary N) is 1. The lowest BCUT2D eigenvalue weighted by Gasteiger charge is -2.19. The van der Waals surface area contributed by atoms with E-state index in [4.69, 9.17) is 24.3 Å². The quantitative estimate of drug-likeness (QED) is 0.0264. The van der Waals surface area contributed by atoms with E-state index in [9.17, 15) is 19.0 Å². The second-order valence-electron chi connectivity index (χ2n) is 22.3. The molecule has 0 saturated heterocycles. The first-order valence-electron chi connectivity index (χ1n) is 34.3. The number of hydrogen-bond donors (Lipinski definition) is 2. The number of unbranched alkanes of at least 4 members (excludes halogenated alkanes) is 26. The number of carbonyl (C=O) groups is 2. The Balaban J connectivity index is 3.95. The van der Waals surface area contributed by atoms with Crippen molar-refractivity contribution < 1.29 is 37.6 Å². The molecule has 0 radical (unpaired) electrons. The maximum Gasteiger partial charge on any atom is 0.472 e. The second kappa shape index (κ2) is 69.0. The molecule has 0 heterocycles. The Labute approximate surface area is 522 Å². The van der Waals surface area contributed by atoms with E-state index in [2.05, 4.69) is 160 Å². The number of ether oxygens (including phenoxy) is 2. The second-order valence-corrected chi connectivity index (χ2v) is 23.7. The van der Waals surface area contributed by atoms with Gasteiger partial charge in [-0.2, -0.15) is 0 Å². The van der Waals surface area contributed by atoms with Gasteiger partial charge in [-0.15, -0.1) is 0 Å². The van der Waals surface area contributed by atoms with E-state index in [1.165, 1.54) is 116 Å². The first kappa shape index (κ1) is 80.9. The van der Waals surface area contributed by atoms with Gasteiger partial charge in [0.25, 0.3) is 0 Å². The largest absolute Gasteiger partial charge is 0.472 e. The summed E-state index contributed by atoms with van der Waals surface area (Å²) in [4.78, 5) is 35.4. The van der Waals surface area contributed by atoms with Crippen LogP contribution in [0.1, 0.15) is 284 Å². The molecule has 10 heteroatoms. The molecule has 0 bridgehead atoms. The van der Waals surface area contributed by atoms with Crippen LogP contribution < -0.4 is 5.73 Å². The van der Waals surface area contributed by atoms with E-state index >= 15 is 0 Å². The predicted molar refractivity (Wildman–Crippen MR) is 367 cm³/mol. The van der Waals surface area contributed by atoms with Gasteiger partial charge in [0.05, 0.1) is 13.2 Å². The molecular formula is C75H126NO8P. The van der Waals surface area contributed by atoms with Crippen LogP contribution in [0.5, 0.6) is 0 Å². The fourth-order valence-corrected chi connectivity index (χ4v) is 10.00. The zero-order valence-electron chi connectivity index (χ0n) is 54.3. The van der Waals surface area contributed by atoms with Crippen LogP contribution in [0.25, 0.3) is 0 Å². The van der Waals surface area contributed by atoms with Crippen LogP contribution >= 0.6 is 7.82 Å². The maximum absolute atomic E-state index is 12.8. The maximum atomic E-state index is 12.8. The third-order valence-electron chi connectivity index (χ3n) is 14.2. The Bertz CT molecular complexity index is 1900. The lowest BCUT2D eigenvalue weighted by Crippen LogP contribution is -2.29. The highest BCUT2D eigenvalue weighted by Crippen LogP contribution is 2.43. The molecule has 0 saturated carbocycles. The summed E-state index contributed by atoms with van der Waals surface area (Å²) in [5, 5.41) is 0. The minimum absolute atomic E-state index is 0.0446. The Morgan fingerprint density at radius 3 is 0.906 bits per heavy atom. The van der Waals surface area contributed by atoms with Crippen LogP contribution in [0.3, 0.4) is 0 Å². The molecular weight excluding hydrogens is 1070 g/mol. The molecule has 0 fully saturated rings. The monoisotopic (exact) mass is 1200 g/mol. The molecule has 9 nitrogen and oxygen atoms in total. The third kappa shape index (κ3) is 68.9. The van der Waals surface area contributed by atoms with Crippen molar-refractivity contribution in [3.63, 3.8) is 0 Å². The Hall–Kier alpha value is -4.11. The summed E-state index contributed by atoms with van der Waals surface area (Å²) >= 11 is 0. The number of phosphoric acid groups is 1.